The normalized spacial score (nSPS) is 10.4. The second kappa shape index (κ2) is 9.06. The number of carbonyl (C=O) groups is 1. The van der Waals surface area contributed by atoms with Crippen LogP contribution in [0.25, 0.3) is 10.8 Å². The highest BCUT2D eigenvalue weighted by Gasteiger charge is 2.20. The summed E-state index contributed by atoms with van der Waals surface area (Å²) in [4.78, 5) is 23.4. The van der Waals surface area contributed by atoms with E-state index in [1.165, 1.54) is 26.4 Å². The van der Waals surface area contributed by atoms with E-state index in [2.05, 4.69) is 26.6 Å². The molecule has 0 unspecified atom stereocenters. The lowest BCUT2D eigenvalue weighted by atomic mass is 10.1. The molecule has 0 bridgehead atoms. The van der Waals surface area contributed by atoms with E-state index in [-0.39, 0.29) is 22.1 Å². The highest BCUT2D eigenvalue weighted by Crippen LogP contribution is 2.36. The quantitative estimate of drug-likeness (QED) is 0.305. The lowest BCUT2D eigenvalue weighted by molar-refractivity contribution is -0.385. The van der Waals surface area contributed by atoms with Crippen molar-refractivity contribution in [2.45, 2.75) is 0 Å². The van der Waals surface area contributed by atoms with E-state index in [1.807, 2.05) is 24.3 Å². The third kappa shape index (κ3) is 4.34. The van der Waals surface area contributed by atoms with Gasteiger partial charge in [-0.25, -0.2) is 0 Å². The average molecular weight is 490 g/mol. The summed E-state index contributed by atoms with van der Waals surface area (Å²) >= 11 is 8.68. The SMILES string of the molecule is COc1ccc(NC(=S)NC(=O)c2cc3ccccc3c(Br)c2OC)cc1[N+](=O)[O-]. The molecule has 0 saturated carbocycles. The Morgan fingerprint density at radius 3 is 2.53 bits per heavy atom. The number of carbonyl (C=O) groups excluding carboxylic acids is 1. The van der Waals surface area contributed by atoms with Gasteiger partial charge in [-0.2, -0.15) is 0 Å². The van der Waals surface area contributed by atoms with Gasteiger partial charge in [0.25, 0.3) is 5.91 Å². The molecule has 0 spiro atoms. The van der Waals surface area contributed by atoms with Crippen LogP contribution in [-0.2, 0) is 0 Å². The molecule has 3 aromatic carbocycles. The molecule has 0 saturated heterocycles. The number of ether oxygens (including phenoxy) is 2. The minimum absolute atomic E-state index is 0.0224. The molecule has 0 radical (unpaired) electrons. The van der Waals surface area contributed by atoms with Crippen LogP contribution in [0.1, 0.15) is 10.4 Å². The number of halogens is 1. The molecule has 0 atom stereocenters. The average Bonchev–Trinajstić information content (AvgIpc) is 2.73. The predicted octanol–water partition coefficient (Wildman–Crippen LogP) is 4.65. The Morgan fingerprint density at radius 2 is 1.87 bits per heavy atom. The number of nitrogens with one attached hydrogen (secondary N) is 2. The van der Waals surface area contributed by atoms with Crippen molar-refractivity contribution in [3.05, 3.63) is 68.7 Å². The maximum atomic E-state index is 12.8. The fourth-order valence-electron chi connectivity index (χ4n) is 2.90. The van der Waals surface area contributed by atoms with Gasteiger partial charge in [-0.15, -0.1) is 0 Å². The summed E-state index contributed by atoms with van der Waals surface area (Å²) in [5.74, 6) is -0.000783. The molecule has 10 heteroatoms. The van der Waals surface area contributed by atoms with Crippen LogP contribution in [0.2, 0.25) is 0 Å². The summed E-state index contributed by atoms with van der Waals surface area (Å²) in [5, 5.41) is 18.2. The maximum Gasteiger partial charge on any atom is 0.312 e. The number of nitrogens with zero attached hydrogens (tertiary/aromatic N) is 1. The van der Waals surface area contributed by atoms with Gasteiger partial charge < -0.3 is 14.8 Å². The van der Waals surface area contributed by atoms with Crippen LogP contribution < -0.4 is 20.1 Å². The highest BCUT2D eigenvalue weighted by atomic mass is 79.9. The molecular formula is C20H16BrN3O5S. The first-order valence-corrected chi connectivity index (χ1v) is 9.75. The molecule has 0 fully saturated rings. The zero-order chi connectivity index (χ0) is 21.8. The summed E-state index contributed by atoms with van der Waals surface area (Å²) < 4.78 is 11.0. The van der Waals surface area contributed by atoms with E-state index in [0.717, 1.165) is 10.8 Å². The van der Waals surface area contributed by atoms with E-state index < -0.39 is 10.8 Å². The van der Waals surface area contributed by atoms with Crippen LogP contribution in [0.4, 0.5) is 11.4 Å². The van der Waals surface area contributed by atoms with Crippen molar-refractivity contribution in [3.63, 3.8) is 0 Å². The summed E-state index contributed by atoms with van der Waals surface area (Å²) in [7, 11) is 2.81. The number of fused-ring (bicyclic) bond motifs is 1. The zero-order valence-corrected chi connectivity index (χ0v) is 18.3. The van der Waals surface area contributed by atoms with E-state index >= 15 is 0 Å². The largest absolute Gasteiger partial charge is 0.495 e. The summed E-state index contributed by atoms with van der Waals surface area (Å²) in [5.41, 5.74) is 0.393. The number of benzene rings is 3. The van der Waals surface area contributed by atoms with Crippen LogP contribution in [0.3, 0.4) is 0 Å². The summed E-state index contributed by atoms with van der Waals surface area (Å²) in [6, 6.07) is 13.5. The molecule has 0 aliphatic carbocycles. The number of methoxy groups -OCH3 is 2. The fraction of sp³-hybridized carbons (Fsp3) is 0.100. The van der Waals surface area contributed by atoms with E-state index in [4.69, 9.17) is 21.7 Å². The van der Waals surface area contributed by atoms with Gasteiger partial charge in [0, 0.05) is 11.8 Å². The minimum Gasteiger partial charge on any atom is -0.495 e. The van der Waals surface area contributed by atoms with Crippen LogP contribution >= 0.6 is 28.1 Å². The van der Waals surface area contributed by atoms with Gasteiger partial charge in [0.15, 0.2) is 10.9 Å². The zero-order valence-electron chi connectivity index (χ0n) is 15.9. The van der Waals surface area contributed by atoms with Crippen LogP contribution in [0.5, 0.6) is 11.5 Å². The van der Waals surface area contributed by atoms with E-state index in [9.17, 15) is 14.9 Å². The highest BCUT2D eigenvalue weighted by molar-refractivity contribution is 9.10. The number of amides is 1. The molecule has 0 heterocycles. The molecule has 0 aliphatic rings. The standard InChI is InChI=1S/C20H16BrN3O5S/c1-28-16-8-7-12(10-15(16)24(26)27)22-20(30)23-19(25)14-9-11-5-3-4-6-13(11)17(21)18(14)29-2/h3-10H,1-2H3,(H2,22,23,25,30). The van der Waals surface area contributed by atoms with E-state index in [1.54, 1.807) is 12.1 Å². The molecule has 2 N–H and O–H groups in total. The van der Waals surface area contributed by atoms with Gasteiger partial charge in [0.1, 0.15) is 5.75 Å². The van der Waals surface area contributed by atoms with Crippen molar-refractivity contribution in [1.82, 2.24) is 5.32 Å². The Bertz CT molecular complexity index is 1170. The van der Waals surface area contributed by atoms with Crippen molar-refractivity contribution < 1.29 is 19.2 Å². The van der Waals surface area contributed by atoms with Crippen LogP contribution in [0.15, 0.2) is 53.0 Å². The lowest BCUT2D eigenvalue weighted by Gasteiger charge is -2.14. The van der Waals surface area contributed by atoms with Crippen LogP contribution in [0, 0.1) is 10.1 Å². The minimum atomic E-state index is -0.566. The first-order chi connectivity index (χ1) is 14.3. The van der Waals surface area contributed by atoms with Gasteiger partial charge in [-0.3, -0.25) is 20.2 Å². The number of thiocarbonyl (C=S) groups is 1. The number of hydrogen-bond donors (Lipinski definition) is 2. The topological polar surface area (TPSA) is 103 Å². The van der Waals surface area contributed by atoms with Crippen molar-refractivity contribution in [1.29, 1.82) is 0 Å². The first kappa shape index (κ1) is 21.5. The second-order valence-corrected chi connectivity index (χ2v) is 7.25. The molecular weight excluding hydrogens is 474 g/mol. The van der Waals surface area contributed by atoms with Crippen molar-refractivity contribution in [3.8, 4) is 11.5 Å². The second-order valence-electron chi connectivity index (χ2n) is 6.04. The number of anilines is 1. The molecule has 0 aliphatic heterocycles. The smallest absolute Gasteiger partial charge is 0.312 e. The van der Waals surface area contributed by atoms with Gasteiger partial charge in [-0.1, -0.05) is 24.3 Å². The third-order valence-electron chi connectivity index (χ3n) is 4.25. The Labute approximate surface area is 185 Å². The maximum absolute atomic E-state index is 12.8. The van der Waals surface area contributed by atoms with Gasteiger partial charge >= 0.3 is 5.69 Å². The van der Waals surface area contributed by atoms with Crippen molar-refractivity contribution in [2.75, 3.05) is 19.5 Å². The molecule has 0 aromatic heterocycles. The molecule has 8 nitrogen and oxygen atoms in total. The Hall–Kier alpha value is -3.24. The molecule has 3 aromatic rings. The summed E-state index contributed by atoms with van der Waals surface area (Å²) in [6.45, 7) is 0. The van der Waals surface area contributed by atoms with E-state index in [0.29, 0.717) is 15.9 Å². The van der Waals surface area contributed by atoms with Crippen molar-refractivity contribution in [2.24, 2.45) is 0 Å². The number of rotatable bonds is 5. The van der Waals surface area contributed by atoms with Gasteiger partial charge in [0.05, 0.1) is 29.2 Å². The van der Waals surface area contributed by atoms with Crippen LogP contribution in [-0.4, -0.2) is 30.2 Å². The Kier molecular flexibility index (Phi) is 6.48. The monoisotopic (exact) mass is 489 g/mol. The fourth-order valence-corrected chi connectivity index (χ4v) is 3.84. The molecule has 154 valence electrons. The summed E-state index contributed by atoms with van der Waals surface area (Å²) in [6.07, 6.45) is 0. The van der Waals surface area contributed by atoms with Gasteiger partial charge in [0.2, 0.25) is 0 Å². The number of nitro benzene ring substituents is 1. The Balaban J connectivity index is 1.84. The molecule has 3 rings (SSSR count). The predicted molar refractivity (Wildman–Crippen MR) is 122 cm³/mol. The lowest BCUT2D eigenvalue weighted by Crippen LogP contribution is -2.34. The first-order valence-electron chi connectivity index (χ1n) is 8.55. The van der Waals surface area contributed by atoms with Gasteiger partial charge in [-0.05, 0) is 57.1 Å². The number of nitro groups is 1. The molecule has 1 amide bonds. The van der Waals surface area contributed by atoms with Crippen molar-refractivity contribution >= 4 is 61.3 Å². The number of hydrogen-bond acceptors (Lipinski definition) is 6. The molecule has 30 heavy (non-hydrogen) atoms. The Morgan fingerprint density at radius 1 is 1.13 bits per heavy atom. The third-order valence-corrected chi connectivity index (χ3v) is 5.24.